The van der Waals surface area contributed by atoms with E-state index in [2.05, 4.69) is 11.4 Å². The van der Waals surface area contributed by atoms with Crippen LogP contribution in [-0.4, -0.2) is 5.91 Å². The van der Waals surface area contributed by atoms with Crippen LogP contribution in [-0.2, 0) is 12.0 Å². The minimum Gasteiger partial charge on any atom is -0.459 e. The lowest BCUT2D eigenvalue weighted by atomic mass is 9.72. The molecule has 126 valence electrons. The van der Waals surface area contributed by atoms with Gasteiger partial charge in [0.2, 0.25) is 0 Å². The highest BCUT2D eigenvalue weighted by Crippen LogP contribution is 2.41. The predicted octanol–water partition coefficient (Wildman–Crippen LogP) is 4.43. The number of furan rings is 1. The molecular formula is C21H18FNO2. The Morgan fingerprint density at radius 2 is 1.84 bits per heavy atom. The highest BCUT2D eigenvalue weighted by Gasteiger charge is 2.40. The minimum atomic E-state index is -0.688. The second kappa shape index (κ2) is 6.20. The van der Waals surface area contributed by atoms with E-state index in [-0.39, 0.29) is 17.5 Å². The summed E-state index contributed by atoms with van der Waals surface area (Å²) in [6.45, 7) is 0. The average Bonchev–Trinajstić information content (AvgIpc) is 3.17. The summed E-state index contributed by atoms with van der Waals surface area (Å²) in [7, 11) is 0. The number of fused-ring (bicyclic) bond motifs is 1. The van der Waals surface area contributed by atoms with Crippen molar-refractivity contribution in [2.24, 2.45) is 0 Å². The van der Waals surface area contributed by atoms with Gasteiger partial charge in [-0.2, -0.15) is 0 Å². The van der Waals surface area contributed by atoms with Crippen molar-refractivity contribution in [1.82, 2.24) is 5.32 Å². The van der Waals surface area contributed by atoms with E-state index in [0.29, 0.717) is 0 Å². The van der Waals surface area contributed by atoms with Gasteiger partial charge in [0.25, 0.3) is 5.91 Å². The number of benzene rings is 2. The zero-order valence-electron chi connectivity index (χ0n) is 13.7. The number of carbonyl (C=O) groups excluding carboxylic acids is 1. The molecule has 1 N–H and O–H groups in total. The Balaban J connectivity index is 1.85. The molecule has 0 aliphatic heterocycles. The van der Waals surface area contributed by atoms with Crippen molar-refractivity contribution in [3.8, 4) is 0 Å². The van der Waals surface area contributed by atoms with Crippen LogP contribution in [0.4, 0.5) is 4.39 Å². The SMILES string of the molecule is O=C(N[C@@]1(c2ccc(F)cc2)CCCc2ccccc21)c1ccco1. The zero-order chi connectivity index (χ0) is 17.3. The van der Waals surface area contributed by atoms with Gasteiger partial charge in [-0.3, -0.25) is 4.79 Å². The molecule has 4 heteroatoms. The Hall–Kier alpha value is -2.88. The summed E-state index contributed by atoms with van der Waals surface area (Å²) in [4.78, 5) is 12.8. The van der Waals surface area contributed by atoms with Crippen molar-refractivity contribution in [2.45, 2.75) is 24.8 Å². The normalized spacial score (nSPS) is 19.2. The van der Waals surface area contributed by atoms with Crippen LogP contribution >= 0.6 is 0 Å². The number of halogens is 1. The van der Waals surface area contributed by atoms with Crippen LogP contribution in [0.2, 0.25) is 0 Å². The first-order chi connectivity index (χ1) is 12.2. The number of carbonyl (C=O) groups is 1. The molecule has 1 aliphatic rings. The summed E-state index contributed by atoms with van der Waals surface area (Å²) in [6.07, 6.45) is 4.14. The van der Waals surface area contributed by atoms with Gasteiger partial charge in [-0.05, 0) is 60.2 Å². The lowest BCUT2D eigenvalue weighted by Gasteiger charge is -2.40. The summed E-state index contributed by atoms with van der Waals surface area (Å²) in [5.74, 6) is -0.295. The van der Waals surface area contributed by atoms with E-state index in [1.807, 2.05) is 18.2 Å². The predicted molar refractivity (Wildman–Crippen MR) is 92.7 cm³/mol. The fourth-order valence-electron chi connectivity index (χ4n) is 3.73. The third kappa shape index (κ3) is 2.74. The summed E-state index contributed by atoms with van der Waals surface area (Å²) >= 11 is 0. The van der Waals surface area contributed by atoms with Crippen molar-refractivity contribution < 1.29 is 13.6 Å². The van der Waals surface area contributed by atoms with Crippen molar-refractivity contribution in [3.05, 3.63) is 95.2 Å². The van der Waals surface area contributed by atoms with Crippen molar-refractivity contribution >= 4 is 5.91 Å². The van der Waals surface area contributed by atoms with Gasteiger partial charge < -0.3 is 9.73 Å². The molecule has 0 bridgehead atoms. The van der Waals surface area contributed by atoms with Crippen LogP contribution in [0.25, 0.3) is 0 Å². The second-order valence-electron chi connectivity index (χ2n) is 6.35. The van der Waals surface area contributed by atoms with Crippen LogP contribution in [0, 0.1) is 5.82 Å². The smallest absolute Gasteiger partial charge is 0.287 e. The average molecular weight is 335 g/mol. The molecule has 0 spiro atoms. The number of nitrogens with one attached hydrogen (secondary N) is 1. The van der Waals surface area contributed by atoms with E-state index in [4.69, 9.17) is 4.42 Å². The molecule has 0 fully saturated rings. The summed E-state index contributed by atoms with van der Waals surface area (Å²) in [5, 5.41) is 3.17. The summed E-state index contributed by atoms with van der Waals surface area (Å²) in [6, 6.07) is 17.8. The van der Waals surface area contributed by atoms with Crippen molar-refractivity contribution in [1.29, 1.82) is 0 Å². The number of rotatable bonds is 3. The van der Waals surface area contributed by atoms with E-state index in [1.54, 1.807) is 24.3 Å². The molecule has 0 unspecified atom stereocenters. The first-order valence-corrected chi connectivity index (χ1v) is 8.39. The first kappa shape index (κ1) is 15.6. The molecule has 1 aliphatic carbocycles. The van der Waals surface area contributed by atoms with E-state index in [1.165, 1.54) is 24.0 Å². The van der Waals surface area contributed by atoms with E-state index in [9.17, 15) is 9.18 Å². The number of aryl methyl sites for hydroxylation is 1. The Morgan fingerprint density at radius 1 is 1.04 bits per heavy atom. The first-order valence-electron chi connectivity index (χ1n) is 8.39. The van der Waals surface area contributed by atoms with Crippen molar-refractivity contribution in [3.63, 3.8) is 0 Å². The van der Waals surface area contributed by atoms with Crippen LogP contribution < -0.4 is 5.32 Å². The molecule has 25 heavy (non-hydrogen) atoms. The monoisotopic (exact) mass is 335 g/mol. The highest BCUT2D eigenvalue weighted by molar-refractivity contribution is 5.92. The quantitative estimate of drug-likeness (QED) is 0.769. The Bertz CT molecular complexity index is 887. The summed E-state index contributed by atoms with van der Waals surface area (Å²) in [5.41, 5.74) is 2.46. The standard InChI is InChI=1S/C21H18FNO2/c22-17-11-9-16(10-12-17)21(23-20(24)19-8-4-14-25-19)13-3-6-15-5-1-2-7-18(15)21/h1-2,4-5,7-12,14H,3,6,13H2,(H,23,24)/t21-/m1/s1. The number of hydrogen-bond acceptors (Lipinski definition) is 2. The lowest BCUT2D eigenvalue weighted by molar-refractivity contribution is 0.0876. The van der Waals surface area contributed by atoms with E-state index >= 15 is 0 Å². The number of amides is 1. The Morgan fingerprint density at radius 3 is 2.60 bits per heavy atom. The van der Waals surface area contributed by atoms with Gasteiger partial charge in [-0.1, -0.05) is 36.4 Å². The Kier molecular flexibility index (Phi) is 3.88. The van der Waals surface area contributed by atoms with E-state index in [0.717, 1.165) is 30.4 Å². The minimum absolute atomic E-state index is 0.268. The highest BCUT2D eigenvalue weighted by atomic mass is 19.1. The fraction of sp³-hybridized carbons (Fsp3) is 0.190. The summed E-state index contributed by atoms with van der Waals surface area (Å²) < 4.78 is 18.7. The third-order valence-electron chi connectivity index (χ3n) is 4.88. The van der Waals surface area contributed by atoms with Gasteiger partial charge in [0.1, 0.15) is 5.82 Å². The van der Waals surface area contributed by atoms with E-state index < -0.39 is 5.54 Å². The maximum absolute atomic E-state index is 13.5. The van der Waals surface area contributed by atoms with Gasteiger partial charge in [-0.25, -0.2) is 4.39 Å². The molecule has 3 nitrogen and oxygen atoms in total. The topological polar surface area (TPSA) is 42.2 Å². The van der Waals surface area contributed by atoms with Gasteiger partial charge in [0.05, 0.1) is 11.8 Å². The molecule has 1 aromatic heterocycles. The van der Waals surface area contributed by atoms with Crippen LogP contribution in [0.1, 0.15) is 40.1 Å². The maximum Gasteiger partial charge on any atom is 0.287 e. The van der Waals surface area contributed by atoms with Gasteiger partial charge in [-0.15, -0.1) is 0 Å². The number of hydrogen-bond donors (Lipinski definition) is 1. The third-order valence-corrected chi connectivity index (χ3v) is 4.88. The zero-order valence-corrected chi connectivity index (χ0v) is 13.7. The molecule has 0 saturated carbocycles. The molecule has 4 rings (SSSR count). The molecule has 1 amide bonds. The van der Waals surface area contributed by atoms with Crippen molar-refractivity contribution in [2.75, 3.05) is 0 Å². The molecule has 2 aromatic carbocycles. The lowest BCUT2D eigenvalue weighted by Crippen LogP contribution is -2.48. The van der Waals surface area contributed by atoms with Gasteiger partial charge in [0, 0.05) is 0 Å². The molecule has 0 radical (unpaired) electrons. The second-order valence-corrected chi connectivity index (χ2v) is 6.35. The molecule has 1 heterocycles. The molecule has 3 aromatic rings. The largest absolute Gasteiger partial charge is 0.459 e. The van der Waals surface area contributed by atoms with Gasteiger partial charge >= 0.3 is 0 Å². The molecule has 1 atom stereocenters. The Labute approximate surface area is 145 Å². The van der Waals surface area contributed by atoms with Gasteiger partial charge in [0.15, 0.2) is 5.76 Å². The van der Waals surface area contributed by atoms with Crippen LogP contribution in [0.15, 0.2) is 71.3 Å². The molecular weight excluding hydrogens is 317 g/mol. The molecule has 0 saturated heterocycles. The van der Waals surface area contributed by atoms with Crippen LogP contribution in [0.3, 0.4) is 0 Å². The van der Waals surface area contributed by atoms with Crippen LogP contribution in [0.5, 0.6) is 0 Å². The maximum atomic E-state index is 13.5. The fourth-order valence-corrected chi connectivity index (χ4v) is 3.73.